The van der Waals surface area contributed by atoms with E-state index in [0.717, 1.165) is 6.42 Å². The molecule has 0 saturated heterocycles. The van der Waals surface area contributed by atoms with Crippen LogP contribution in [0.4, 0.5) is 0 Å². The Morgan fingerprint density at radius 2 is 2.13 bits per heavy atom. The van der Waals surface area contributed by atoms with Crippen molar-refractivity contribution in [1.29, 1.82) is 0 Å². The Labute approximate surface area is 96.6 Å². The molecule has 3 N–H and O–H groups in total. The molecule has 4 heteroatoms. The third-order valence-corrected chi connectivity index (χ3v) is 4.27. The maximum Gasteiger partial charge on any atom is 0.237 e. The summed E-state index contributed by atoms with van der Waals surface area (Å²) in [6.45, 7) is 3.95. The minimum Gasteiger partial charge on any atom is -0.351 e. The van der Waals surface area contributed by atoms with Crippen molar-refractivity contribution >= 4 is 17.7 Å². The zero-order chi connectivity index (χ0) is 11.4. The lowest BCUT2D eigenvalue weighted by molar-refractivity contribution is -0.123. The van der Waals surface area contributed by atoms with Gasteiger partial charge in [-0.2, -0.15) is 11.8 Å². The van der Waals surface area contributed by atoms with Crippen LogP contribution < -0.4 is 11.1 Å². The average molecular weight is 230 g/mol. The van der Waals surface area contributed by atoms with E-state index in [9.17, 15) is 4.79 Å². The number of thioether (sulfide) groups is 1. The summed E-state index contributed by atoms with van der Waals surface area (Å²) in [6, 6.07) is -0.0367. The molecule has 1 aliphatic carbocycles. The van der Waals surface area contributed by atoms with Gasteiger partial charge in [-0.1, -0.05) is 20.3 Å². The molecule has 2 unspecified atom stereocenters. The quantitative estimate of drug-likeness (QED) is 0.767. The van der Waals surface area contributed by atoms with Crippen LogP contribution in [0.1, 0.15) is 33.1 Å². The van der Waals surface area contributed by atoms with E-state index in [4.69, 9.17) is 5.73 Å². The Hall–Kier alpha value is -0.220. The molecule has 3 nitrogen and oxygen atoms in total. The lowest BCUT2D eigenvalue weighted by Crippen LogP contribution is -2.49. The van der Waals surface area contributed by atoms with E-state index in [2.05, 4.69) is 11.6 Å². The van der Waals surface area contributed by atoms with Crippen molar-refractivity contribution in [2.45, 2.75) is 50.4 Å². The van der Waals surface area contributed by atoms with Gasteiger partial charge in [-0.05, 0) is 25.0 Å². The zero-order valence-electron chi connectivity index (χ0n) is 9.82. The average Bonchev–Trinajstić information content (AvgIpc) is 2.63. The molecule has 0 radical (unpaired) electrons. The van der Waals surface area contributed by atoms with E-state index < -0.39 is 0 Å². The third-order valence-electron chi connectivity index (χ3n) is 3.10. The highest BCUT2D eigenvalue weighted by Crippen LogP contribution is 2.28. The van der Waals surface area contributed by atoms with Crippen molar-refractivity contribution in [2.24, 2.45) is 11.7 Å². The van der Waals surface area contributed by atoms with Gasteiger partial charge in [-0.15, -0.1) is 0 Å². The maximum absolute atomic E-state index is 11.8. The molecule has 0 aromatic carbocycles. The molecule has 0 aliphatic heterocycles. The highest BCUT2D eigenvalue weighted by atomic mass is 32.2. The molecule has 1 rings (SSSR count). The second kappa shape index (κ2) is 5.75. The van der Waals surface area contributed by atoms with Crippen LogP contribution >= 0.6 is 11.8 Å². The van der Waals surface area contributed by atoms with E-state index in [1.165, 1.54) is 12.8 Å². The Kier molecular flexibility index (Phi) is 4.93. The highest BCUT2D eigenvalue weighted by molar-refractivity contribution is 7.99. The predicted molar refractivity (Wildman–Crippen MR) is 65.9 cm³/mol. The van der Waals surface area contributed by atoms with Gasteiger partial charge in [0.1, 0.15) is 0 Å². The van der Waals surface area contributed by atoms with Crippen molar-refractivity contribution < 1.29 is 4.79 Å². The second-order valence-electron chi connectivity index (χ2n) is 4.59. The monoisotopic (exact) mass is 230 g/mol. The molecular weight excluding hydrogens is 208 g/mol. The first kappa shape index (κ1) is 12.8. The summed E-state index contributed by atoms with van der Waals surface area (Å²) < 4.78 is 0. The van der Waals surface area contributed by atoms with E-state index in [1.54, 1.807) is 0 Å². The molecule has 1 aliphatic rings. The standard InChI is InChI=1S/C11H22N2OS/c1-7(2)10(12)11(14)13-8-5-4-6-9(8)15-3/h7-10H,4-6,12H2,1-3H3,(H,13,14)/t8?,9?,10-/m0/s1. The number of rotatable bonds is 4. The van der Waals surface area contributed by atoms with Gasteiger partial charge in [0.05, 0.1) is 6.04 Å². The number of hydrogen-bond donors (Lipinski definition) is 2. The first-order valence-electron chi connectivity index (χ1n) is 5.65. The van der Waals surface area contributed by atoms with Crippen LogP contribution in [0.15, 0.2) is 0 Å². The molecule has 0 heterocycles. The molecule has 0 bridgehead atoms. The molecule has 3 atom stereocenters. The fourth-order valence-corrected chi connectivity index (χ4v) is 2.89. The number of amides is 1. The van der Waals surface area contributed by atoms with Crippen LogP contribution in [0.5, 0.6) is 0 Å². The lowest BCUT2D eigenvalue weighted by atomic mass is 10.0. The van der Waals surface area contributed by atoms with Gasteiger partial charge in [0.25, 0.3) is 0 Å². The van der Waals surface area contributed by atoms with E-state index in [0.29, 0.717) is 11.3 Å². The maximum atomic E-state index is 11.8. The van der Waals surface area contributed by atoms with Crippen LogP contribution in [0.2, 0.25) is 0 Å². The molecule has 1 amide bonds. The second-order valence-corrected chi connectivity index (χ2v) is 5.67. The van der Waals surface area contributed by atoms with Gasteiger partial charge in [0.15, 0.2) is 0 Å². The van der Waals surface area contributed by atoms with Gasteiger partial charge >= 0.3 is 0 Å². The first-order valence-corrected chi connectivity index (χ1v) is 6.93. The van der Waals surface area contributed by atoms with Gasteiger partial charge in [-0.3, -0.25) is 4.79 Å². The fraction of sp³-hybridized carbons (Fsp3) is 0.909. The van der Waals surface area contributed by atoms with Crippen LogP contribution in [-0.4, -0.2) is 29.5 Å². The number of hydrogen-bond acceptors (Lipinski definition) is 3. The molecule has 88 valence electrons. The molecule has 15 heavy (non-hydrogen) atoms. The summed E-state index contributed by atoms with van der Waals surface area (Å²) in [5.41, 5.74) is 5.81. The molecular formula is C11H22N2OS. The van der Waals surface area contributed by atoms with Gasteiger partial charge in [0.2, 0.25) is 5.91 Å². The Morgan fingerprint density at radius 1 is 1.47 bits per heavy atom. The predicted octanol–water partition coefficient (Wildman–Crippen LogP) is 1.37. The summed E-state index contributed by atoms with van der Waals surface area (Å²) in [4.78, 5) is 11.8. The molecule has 0 aromatic rings. The first-order chi connectivity index (χ1) is 7.06. The molecule has 0 aromatic heterocycles. The lowest BCUT2D eigenvalue weighted by Gasteiger charge is -2.22. The van der Waals surface area contributed by atoms with Crippen LogP contribution in [0, 0.1) is 5.92 Å². The fourth-order valence-electron chi connectivity index (χ4n) is 1.95. The number of nitrogens with one attached hydrogen (secondary N) is 1. The zero-order valence-corrected chi connectivity index (χ0v) is 10.6. The SMILES string of the molecule is CSC1CCCC1NC(=O)[C@@H](N)C(C)C. The summed E-state index contributed by atoms with van der Waals surface area (Å²) >= 11 is 1.85. The van der Waals surface area contributed by atoms with E-state index in [1.807, 2.05) is 25.6 Å². The molecule has 1 fully saturated rings. The highest BCUT2D eigenvalue weighted by Gasteiger charge is 2.29. The number of carbonyl (C=O) groups excluding carboxylic acids is 1. The van der Waals surface area contributed by atoms with Crippen molar-refractivity contribution in [3.05, 3.63) is 0 Å². The van der Waals surface area contributed by atoms with Crippen molar-refractivity contribution in [2.75, 3.05) is 6.26 Å². The summed E-state index contributed by atoms with van der Waals surface area (Å²) in [6.07, 6.45) is 5.63. The summed E-state index contributed by atoms with van der Waals surface area (Å²) in [5, 5.41) is 3.65. The summed E-state index contributed by atoms with van der Waals surface area (Å²) in [5.74, 6) is 0.218. The topological polar surface area (TPSA) is 55.1 Å². The number of nitrogens with two attached hydrogens (primary N) is 1. The van der Waals surface area contributed by atoms with E-state index >= 15 is 0 Å². The molecule has 1 saturated carbocycles. The van der Waals surface area contributed by atoms with Gasteiger partial charge < -0.3 is 11.1 Å². The van der Waals surface area contributed by atoms with Gasteiger partial charge in [0, 0.05) is 11.3 Å². The van der Waals surface area contributed by atoms with Crippen molar-refractivity contribution in [3.8, 4) is 0 Å². The Balaban J connectivity index is 2.43. The smallest absolute Gasteiger partial charge is 0.237 e. The van der Waals surface area contributed by atoms with Crippen molar-refractivity contribution in [1.82, 2.24) is 5.32 Å². The Morgan fingerprint density at radius 3 is 2.67 bits per heavy atom. The van der Waals surface area contributed by atoms with Crippen LogP contribution in [0.3, 0.4) is 0 Å². The van der Waals surface area contributed by atoms with Crippen LogP contribution in [0.25, 0.3) is 0 Å². The minimum atomic E-state index is -0.367. The Bertz CT molecular complexity index is 221. The van der Waals surface area contributed by atoms with Crippen LogP contribution in [-0.2, 0) is 4.79 Å². The summed E-state index contributed by atoms with van der Waals surface area (Å²) in [7, 11) is 0. The molecule has 0 spiro atoms. The van der Waals surface area contributed by atoms with E-state index in [-0.39, 0.29) is 17.9 Å². The van der Waals surface area contributed by atoms with Gasteiger partial charge in [-0.25, -0.2) is 0 Å². The normalized spacial score (nSPS) is 28.1. The number of carbonyl (C=O) groups is 1. The largest absolute Gasteiger partial charge is 0.351 e. The third kappa shape index (κ3) is 3.38. The minimum absolute atomic E-state index is 0.0101. The van der Waals surface area contributed by atoms with Crippen molar-refractivity contribution in [3.63, 3.8) is 0 Å².